The van der Waals surface area contributed by atoms with Crippen molar-refractivity contribution in [2.24, 2.45) is 0 Å². The highest BCUT2D eigenvalue weighted by Gasteiger charge is 2.16. The Kier molecular flexibility index (Phi) is 6.78. The smallest absolute Gasteiger partial charge is 0.227 e. The van der Waals surface area contributed by atoms with E-state index in [-0.39, 0.29) is 0 Å². The van der Waals surface area contributed by atoms with Crippen LogP contribution in [0.1, 0.15) is 0 Å². The van der Waals surface area contributed by atoms with Gasteiger partial charge in [0.2, 0.25) is 5.89 Å². The standard InChI is InChI=1S/C41H27N3O/c1-4-12-28(13-5-1)29-20-22-31(23-21-29)40-42-37(30-14-6-2-7-15-30)27-38(43-40)35-19-11-10-18-34(35)33-24-25-36-39(26-33)45-41(44-36)32-16-8-3-9-17-32/h1-27H. The Bertz CT molecular complexity index is 2240. The fourth-order valence-corrected chi connectivity index (χ4v) is 5.67. The van der Waals surface area contributed by atoms with Gasteiger partial charge in [-0.3, -0.25) is 0 Å². The molecule has 45 heavy (non-hydrogen) atoms. The highest BCUT2D eigenvalue weighted by Crippen LogP contribution is 2.36. The molecule has 2 heterocycles. The minimum Gasteiger partial charge on any atom is -0.436 e. The van der Waals surface area contributed by atoms with Gasteiger partial charge in [0.05, 0.1) is 11.4 Å². The maximum absolute atomic E-state index is 6.22. The van der Waals surface area contributed by atoms with Crippen molar-refractivity contribution in [3.8, 4) is 67.6 Å². The van der Waals surface area contributed by atoms with E-state index in [1.54, 1.807) is 0 Å². The number of rotatable bonds is 6. The summed E-state index contributed by atoms with van der Waals surface area (Å²) in [6.07, 6.45) is 0. The molecule has 0 unspecified atom stereocenters. The average molecular weight is 578 g/mol. The molecule has 2 aromatic heterocycles. The maximum atomic E-state index is 6.22. The van der Waals surface area contributed by atoms with Gasteiger partial charge in [-0.05, 0) is 52.6 Å². The lowest BCUT2D eigenvalue weighted by Gasteiger charge is -2.13. The minimum absolute atomic E-state index is 0.613. The van der Waals surface area contributed by atoms with Crippen LogP contribution < -0.4 is 0 Å². The van der Waals surface area contributed by atoms with Crippen LogP contribution in [0.5, 0.6) is 0 Å². The SMILES string of the molecule is c1ccc(-c2ccc(-c3nc(-c4ccccc4)cc(-c4ccccc4-c4ccc5nc(-c6ccccc6)oc5c4)n3)cc2)cc1. The number of nitrogens with zero attached hydrogens (tertiary/aromatic N) is 3. The molecule has 0 aliphatic carbocycles. The van der Waals surface area contributed by atoms with Crippen molar-refractivity contribution in [1.82, 2.24) is 15.0 Å². The molecule has 6 aromatic carbocycles. The third-order valence-corrected chi connectivity index (χ3v) is 7.97. The molecule has 0 spiro atoms. The zero-order valence-electron chi connectivity index (χ0n) is 24.3. The van der Waals surface area contributed by atoms with E-state index in [1.807, 2.05) is 60.7 Å². The maximum Gasteiger partial charge on any atom is 0.227 e. The van der Waals surface area contributed by atoms with E-state index in [1.165, 1.54) is 5.56 Å². The van der Waals surface area contributed by atoms with E-state index in [0.29, 0.717) is 11.7 Å². The first-order valence-corrected chi connectivity index (χ1v) is 14.9. The van der Waals surface area contributed by atoms with Gasteiger partial charge in [0.1, 0.15) is 5.52 Å². The molecular formula is C41H27N3O. The summed E-state index contributed by atoms with van der Waals surface area (Å²) in [4.78, 5) is 14.9. The van der Waals surface area contributed by atoms with Crippen molar-refractivity contribution in [2.45, 2.75) is 0 Å². The average Bonchev–Trinajstić information content (AvgIpc) is 3.56. The quantitative estimate of drug-likeness (QED) is 0.197. The molecule has 4 heteroatoms. The zero-order valence-corrected chi connectivity index (χ0v) is 24.3. The lowest BCUT2D eigenvalue weighted by atomic mass is 9.96. The summed E-state index contributed by atoms with van der Waals surface area (Å²) < 4.78 is 6.22. The summed E-state index contributed by atoms with van der Waals surface area (Å²) in [5.74, 6) is 1.29. The summed E-state index contributed by atoms with van der Waals surface area (Å²) in [6, 6.07) is 55.7. The molecule has 0 radical (unpaired) electrons. The normalized spacial score (nSPS) is 11.1. The van der Waals surface area contributed by atoms with Crippen LogP contribution in [-0.4, -0.2) is 15.0 Å². The predicted molar refractivity (Wildman–Crippen MR) is 182 cm³/mol. The molecule has 0 saturated heterocycles. The van der Waals surface area contributed by atoms with Crippen molar-refractivity contribution < 1.29 is 4.42 Å². The van der Waals surface area contributed by atoms with E-state index >= 15 is 0 Å². The van der Waals surface area contributed by atoms with Crippen LogP contribution in [0.2, 0.25) is 0 Å². The third kappa shape index (κ3) is 5.30. The molecule has 0 bridgehead atoms. The summed E-state index contributed by atoms with van der Waals surface area (Å²) in [5, 5.41) is 0. The second-order valence-electron chi connectivity index (χ2n) is 10.9. The number of fused-ring (bicyclic) bond motifs is 1. The van der Waals surface area contributed by atoms with Gasteiger partial charge in [-0.15, -0.1) is 0 Å². The van der Waals surface area contributed by atoms with E-state index in [9.17, 15) is 0 Å². The highest BCUT2D eigenvalue weighted by atomic mass is 16.3. The number of hydrogen-bond acceptors (Lipinski definition) is 4. The summed E-state index contributed by atoms with van der Waals surface area (Å²) in [6.45, 7) is 0. The first-order valence-electron chi connectivity index (χ1n) is 14.9. The lowest BCUT2D eigenvalue weighted by molar-refractivity contribution is 0.620. The minimum atomic E-state index is 0.613. The summed E-state index contributed by atoms with van der Waals surface area (Å²) in [5.41, 5.74) is 11.7. The first kappa shape index (κ1) is 26.5. The summed E-state index contributed by atoms with van der Waals surface area (Å²) in [7, 11) is 0. The molecule has 8 rings (SSSR count). The van der Waals surface area contributed by atoms with E-state index < -0.39 is 0 Å². The third-order valence-electron chi connectivity index (χ3n) is 7.97. The van der Waals surface area contributed by atoms with Gasteiger partial charge in [-0.2, -0.15) is 0 Å². The van der Waals surface area contributed by atoms with E-state index in [4.69, 9.17) is 19.4 Å². The van der Waals surface area contributed by atoms with E-state index in [0.717, 1.165) is 61.4 Å². The topological polar surface area (TPSA) is 51.8 Å². The van der Waals surface area contributed by atoms with Gasteiger partial charge in [-0.25, -0.2) is 15.0 Å². The summed E-state index contributed by atoms with van der Waals surface area (Å²) >= 11 is 0. The van der Waals surface area contributed by atoms with Gasteiger partial charge in [0.15, 0.2) is 11.4 Å². The Morgan fingerprint density at radius 3 is 1.60 bits per heavy atom. The van der Waals surface area contributed by atoms with Gasteiger partial charge in [-0.1, -0.05) is 133 Å². The fourth-order valence-electron chi connectivity index (χ4n) is 5.67. The van der Waals surface area contributed by atoms with Crippen molar-refractivity contribution >= 4 is 11.1 Å². The van der Waals surface area contributed by atoms with Crippen LogP contribution in [0.15, 0.2) is 168 Å². The van der Waals surface area contributed by atoms with Gasteiger partial charge >= 0.3 is 0 Å². The van der Waals surface area contributed by atoms with Crippen LogP contribution >= 0.6 is 0 Å². The number of aromatic nitrogens is 3. The molecule has 0 aliphatic heterocycles. The van der Waals surface area contributed by atoms with Crippen molar-refractivity contribution in [1.29, 1.82) is 0 Å². The highest BCUT2D eigenvalue weighted by molar-refractivity contribution is 5.89. The van der Waals surface area contributed by atoms with Crippen LogP contribution in [0.3, 0.4) is 0 Å². The van der Waals surface area contributed by atoms with Gasteiger partial charge in [0.25, 0.3) is 0 Å². The Labute approximate surface area is 261 Å². The second-order valence-corrected chi connectivity index (χ2v) is 10.9. The van der Waals surface area contributed by atoms with Crippen LogP contribution in [0.25, 0.3) is 78.7 Å². The first-order chi connectivity index (χ1) is 22.3. The molecule has 0 aliphatic rings. The lowest BCUT2D eigenvalue weighted by Crippen LogP contribution is -1.97. The zero-order chi connectivity index (χ0) is 30.0. The molecule has 212 valence electrons. The number of oxazole rings is 1. The van der Waals surface area contributed by atoms with Gasteiger partial charge in [0, 0.05) is 22.3 Å². The Morgan fingerprint density at radius 2 is 0.889 bits per heavy atom. The van der Waals surface area contributed by atoms with Gasteiger partial charge < -0.3 is 4.42 Å². The molecule has 0 saturated carbocycles. The van der Waals surface area contributed by atoms with Crippen LogP contribution in [0.4, 0.5) is 0 Å². The van der Waals surface area contributed by atoms with Crippen molar-refractivity contribution in [3.05, 3.63) is 164 Å². The molecule has 0 atom stereocenters. The van der Waals surface area contributed by atoms with Crippen molar-refractivity contribution in [2.75, 3.05) is 0 Å². The second kappa shape index (κ2) is 11.5. The van der Waals surface area contributed by atoms with Crippen LogP contribution in [0, 0.1) is 0 Å². The van der Waals surface area contributed by atoms with Crippen LogP contribution in [-0.2, 0) is 0 Å². The Balaban J connectivity index is 1.24. The monoisotopic (exact) mass is 577 g/mol. The van der Waals surface area contributed by atoms with E-state index in [2.05, 4.69) is 103 Å². The largest absolute Gasteiger partial charge is 0.436 e. The molecule has 0 amide bonds. The molecular weight excluding hydrogens is 550 g/mol. The fraction of sp³-hybridized carbons (Fsp3) is 0. The molecule has 0 fully saturated rings. The molecule has 0 N–H and O–H groups in total. The molecule has 4 nitrogen and oxygen atoms in total. The number of benzene rings is 6. The Hall–Kier alpha value is -6.13. The molecule has 8 aromatic rings. The predicted octanol–water partition coefficient (Wildman–Crippen LogP) is 10.6. The van der Waals surface area contributed by atoms with Crippen molar-refractivity contribution in [3.63, 3.8) is 0 Å². The number of hydrogen-bond donors (Lipinski definition) is 0. The Morgan fingerprint density at radius 1 is 0.356 bits per heavy atom.